The standard InChI is InChI=1S/C16H26N4O/c1-16(2)14(11-6-5-9-21-15(11)16)17-10-13-19-18-12-7-3-4-8-20(12)13/h11,14-15,17H,3-10H2,1-2H3. The Kier molecular flexibility index (Phi) is 3.30. The Morgan fingerprint density at radius 2 is 2.19 bits per heavy atom. The Hall–Kier alpha value is -0.940. The van der Waals surface area contributed by atoms with E-state index in [9.17, 15) is 0 Å². The molecule has 1 aromatic rings. The summed E-state index contributed by atoms with van der Waals surface area (Å²) in [5, 5.41) is 12.5. The predicted octanol–water partition coefficient (Wildman–Crippen LogP) is 1.91. The minimum Gasteiger partial charge on any atom is -0.377 e. The molecule has 2 aliphatic heterocycles. The predicted molar refractivity (Wildman–Crippen MR) is 79.8 cm³/mol. The van der Waals surface area contributed by atoms with Crippen LogP contribution in [0.2, 0.25) is 0 Å². The molecule has 0 aromatic carbocycles. The second kappa shape index (κ2) is 5.06. The van der Waals surface area contributed by atoms with Crippen molar-refractivity contribution in [2.75, 3.05) is 6.61 Å². The largest absolute Gasteiger partial charge is 0.377 e. The first-order chi connectivity index (χ1) is 10.2. The molecule has 3 atom stereocenters. The quantitative estimate of drug-likeness (QED) is 0.924. The maximum absolute atomic E-state index is 5.98. The number of aromatic nitrogens is 3. The highest BCUT2D eigenvalue weighted by atomic mass is 16.5. The smallest absolute Gasteiger partial charge is 0.147 e. The number of rotatable bonds is 3. The van der Waals surface area contributed by atoms with Crippen molar-refractivity contribution in [1.29, 1.82) is 0 Å². The summed E-state index contributed by atoms with van der Waals surface area (Å²) in [4.78, 5) is 0. The van der Waals surface area contributed by atoms with Crippen LogP contribution in [-0.2, 0) is 24.2 Å². The average molecular weight is 290 g/mol. The number of hydrogen-bond acceptors (Lipinski definition) is 4. The molecule has 3 aliphatic rings. The van der Waals surface area contributed by atoms with Gasteiger partial charge in [-0.2, -0.15) is 0 Å². The average Bonchev–Trinajstić information content (AvgIpc) is 2.91. The number of nitrogens with one attached hydrogen (secondary N) is 1. The summed E-state index contributed by atoms with van der Waals surface area (Å²) >= 11 is 0. The molecule has 1 saturated carbocycles. The Morgan fingerprint density at radius 3 is 3.10 bits per heavy atom. The van der Waals surface area contributed by atoms with E-state index in [1.54, 1.807) is 0 Å². The van der Waals surface area contributed by atoms with E-state index in [0.717, 1.165) is 31.9 Å². The van der Waals surface area contributed by atoms with Gasteiger partial charge in [0.25, 0.3) is 0 Å². The van der Waals surface area contributed by atoms with E-state index < -0.39 is 0 Å². The number of fused-ring (bicyclic) bond motifs is 2. The van der Waals surface area contributed by atoms with Gasteiger partial charge in [0.15, 0.2) is 0 Å². The number of aryl methyl sites for hydroxylation is 1. The van der Waals surface area contributed by atoms with Crippen molar-refractivity contribution in [2.24, 2.45) is 11.3 Å². The summed E-state index contributed by atoms with van der Waals surface area (Å²) in [6.45, 7) is 7.52. The van der Waals surface area contributed by atoms with Gasteiger partial charge in [0.1, 0.15) is 11.6 Å². The van der Waals surface area contributed by atoms with E-state index in [1.807, 2.05) is 0 Å². The minimum absolute atomic E-state index is 0.232. The second-order valence-corrected chi connectivity index (χ2v) is 7.42. The third-order valence-corrected chi connectivity index (χ3v) is 5.75. The Balaban J connectivity index is 1.44. The van der Waals surface area contributed by atoms with Crippen LogP contribution in [0.1, 0.15) is 51.2 Å². The molecule has 0 radical (unpaired) electrons. The molecule has 5 heteroatoms. The first kappa shape index (κ1) is 13.7. The Bertz CT molecular complexity index is 524. The van der Waals surface area contributed by atoms with E-state index in [1.165, 1.54) is 31.5 Å². The third kappa shape index (κ3) is 2.13. The van der Waals surface area contributed by atoms with E-state index >= 15 is 0 Å². The van der Waals surface area contributed by atoms with Crippen molar-refractivity contribution in [2.45, 2.75) is 71.2 Å². The number of nitrogens with zero attached hydrogens (tertiary/aromatic N) is 3. The molecule has 116 valence electrons. The molecule has 4 rings (SSSR count). The number of hydrogen-bond donors (Lipinski definition) is 1. The summed E-state index contributed by atoms with van der Waals surface area (Å²) in [5.74, 6) is 2.96. The Morgan fingerprint density at radius 1 is 1.29 bits per heavy atom. The van der Waals surface area contributed by atoms with Gasteiger partial charge in [-0.3, -0.25) is 0 Å². The molecule has 0 spiro atoms. The van der Waals surface area contributed by atoms with Gasteiger partial charge in [0.05, 0.1) is 12.6 Å². The molecule has 1 N–H and O–H groups in total. The van der Waals surface area contributed by atoms with Gasteiger partial charge < -0.3 is 14.6 Å². The molecule has 3 heterocycles. The normalized spacial score (nSPS) is 33.9. The van der Waals surface area contributed by atoms with Gasteiger partial charge in [-0.25, -0.2) is 0 Å². The minimum atomic E-state index is 0.232. The van der Waals surface area contributed by atoms with Gasteiger partial charge in [-0.1, -0.05) is 13.8 Å². The monoisotopic (exact) mass is 290 g/mol. The fourth-order valence-corrected chi connectivity index (χ4v) is 4.64. The highest BCUT2D eigenvalue weighted by Crippen LogP contribution is 2.51. The molecule has 3 unspecified atom stereocenters. The van der Waals surface area contributed by atoms with Crippen molar-refractivity contribution in [3.05, 3.63) is 11.6 Å². The maximum Gasteiger partial charge on any atom is 0.147 e. The van der Waals surface area contributed by atoms with Crippen LogP contribution in [0.5, 0.6) is 0 Å². The van der Waals surface area contributed by atoms with Crippen LogP contribution < -0.4 is 5.32 Å². The molecule has 5 nitrogen and oxygen atoms in total. The highest BCUT2D eigenvalue weighted by molar-refractivity contribution is 5.11. The van der Waals surface area contributed by atoms with Crippen LogP contribution in [0.15, 0.2) is 0 Å². The first-order valence-electron chi connectivity index (χ1n) is 8.44. The summed E-state index contributed by atoms with van der Waals surface area (Å²) < 4.78 is 8.29. The molecule has 0 amide bonds. The van der Waals surface area contributed by atoms with Crippen LogP contribution in [0, 0.1) is 11.3 Å². The molecule has 2 fully saturated rings. The second-order valence-electron chi connectivity index (χ2n) is 7.42. The topological polar surface area (TPSA) is 52.0 Å². The molecule has 1 aromatic heterocycles. The van der Waals surface area contributed by atoms with Crippen molar-refractivity contribution < 1.29 is 4.74 Å². The lowest BCUT2D eigenvalue weighted by Gasteiger charge is -2.60. The fourth-order valence-electron chi connectivity index (χ4n) is 4.64. The van der Waals surface area contributed by atoms with Gasteiger partial charge in [0.2, 0.25) is 0 Å². The van der Waals surface area contributed by atoms with Gasteiger partial charge >= 0.3 is 0 Å². The van der Waals surface area contributed by atoms with E-state index in [4.69, 9.17) is 4.74 Å². The Labute approximate surface area is 126 Å². The first-order valence-corrected chi connectivity index (χ1v) is 8.44. The van der Waals surface area contributed by atoms with Crippen LogP contribution in [0.4, 0.5) is 0 Å². The van der Waals surface area contributed by atoms with E-state index in [2.05, 4.69) is 33.9 Å². The lowest BCUT2D eigenvalue weighted by molar-refractivity contribution is -0.193. The van der Waals surface area contributed by atoms with Crippen molar-refractivity contribution in [1.82, 2.24) is 20.1 Å². The molecular formula is C16H26N4O. The fraction of sp³-hybridized carbons (Fsp3) is 0.875. The zero-order valence-electron chi connectivity index (χ0n) is 13.1. The number of ether oxygens (including phenoxy) is 1. The molecule has 1 aliphatic carbocycles. The van der Waals surface area contributed by atoms with E-state index in [-0.39, 0.29) is 5.41 Å². The molecule has 1 saturated heterocycles. The van der Waals surface area contributed by atoms with Gasteiger partial charge in [0, 0.05) is 36.9 Å². The molecular weight excluding hydrogens is 264 g/mol. The highest BCUT2D eigenvalue weighted by Gasteiger charge is 2.57. The zero-order chi connectivity index (χ0) is 14.4. The third-order valence-electron chi connectivity index (χ3n) is 5.75. The van der Waals surface area contributed by atoms with Crippen LogP contribution in [0.3, 0.4) is 0 Å². The van der Waals surface area contributed by atoms with Crippen LogP contribution >= 0.6 is 0 Å². The lowest BCUT2D eigenvalue weighted by Crippen LogP contribution is -2.69. The van der Waals surface area contributed by atoms with E-state index in [0.29, 0.717) is 18.1 Å². The SMILES string of the molecule is CC1(C)C(NCc2nnc3n2CCCC3)C2CCCOC21. The lowest BCUT2D eigenvalue weighted by atomic mass is 9.55. The van der Waals surface area contributed by atoms with Crippen molar-refractivity contribution in [3.8, 4) is 0 Å². The van der Waals surface area contributed by atoms with Crippen molar-refractivity contribution >= 4 is 0 Å². The molecule has 21 heavy (non-hydrogen) atoms. The van der Waals surface area contributed by atoms with Gasteiger partial charge in [-0.05, 0) is 25.7 Å². The zero-order valence-corrected chi connectivity index (χ0v) is 13.1. The summed E-state index contributed by atoms with van der Waals surface area (Å²) in [7, 11) is 0. The van der Waals surface area contributed by atoms with Gasteiger partial charge in [-0.15, -0.1) is 10.2 Å². The van der Waals surface area contributed by atoms with Crippen LogP contribution in [-0.4, -0.2) is 33.5 Å². The van der Waals surface area contributed by atoms with Crippen LogP contribution in [0.25, 0.3) is 0 Å². The van der Waals surface area contributed by atoms with Crippen molar-refractivity contribution in [3.63, 3.8) is 0 Å². The molecule has 0 bridgehead atoms. The summed E-state index contributed by atoms with van der Waals surface area (Å²) in [6, 6.07) is 0.541. The summed E-state index contributed by atoms with van der Waals surface area (Å²) in [5.41, 5.74) is 0.232. The summed E-state index contributed by atoms with van der Waals surface area (Å²) in [6.07, 6.45) is 6.53. The maximum atomic E-state index is 5.98.